The van der Waals surface area contributed by atoms with Gasteiger partial charge in [-0.2, -0.15) is 0 Å². The molecule has 52 heavy (non-hydrogen) atoms. The second-order valence-corrected chi connectivity index (χ2v) is 16.4. The van der Waals surface area contributed by atoms with E-state index >= 15 is 0 Å². The van der Waals surface area contributed by atoms with Crippen molar-refractivity contribution in [3.05, 3.63) is 0 Å². The Balaban J connectivity index is 3.21. The predicted octanol–water partition coefficient (Wildman–Crippen LogP) is 16.5. The normalized spacial score (nSPS) is 11.3. The maximum atomic E-state index is 12.0. The van der Waals surface area contributed by atoms with Crippen LogP contribution >= 0.6 is 0 Å². The van der Waals surface area contributed by atoms with E-state index in [9.17, 15) is 9.59 Å². The molecule has 0 heterocycles. The van der Waals surface area contributed by atoms with Gasteiger partial charge in [0.05, 0.1) is 13.2 Å². The van der Waals surface area contributed by atoms with Crippen molar-refractivity contribution in [3.63, 3.8) is 0 Å². The molecule has 0 aliphatic carbocycles. The summed E-state index contributed by atoms with van der Waals surface area (Å²) in [4.78, 5) is 24.0. The molecule has 0 atom stereocenters. The van der Waals surface area contributed by atoms with Gasteiger partial charge in [-0.1, -0.05) is 245 Å². The van der Waals surface area contributed by atoms with E-state index in [4.69, 9.17) is 9.47 Å². The molecule has 0 saturated carbocycles. The zero-order valence-corrected chi connectivity index (χ0v) is 35.7. The number of hydrogen-bond acceptors (Lipinski definition) is 4. The average molecular weight is 735 g/mol. The number of esters is 2. The van der Waals surface area contributed by atoms with Crippen molar-refractivity contribution < 1.29 is 19.1 Å². The van der Waals surface area contributed by atoms with Gasteiger partial charge in [-0.05, 0) is 25.7 Å². The number of ether oxygens (including phenoxy) is 2. The molecule has 0 aliphatic heterocycles. The van der Waals surface area contributed by atoms with Gasteiger partial charge < -0.3 is 9.47 Å². The fourth-order valence-corrected chi connectivity index (χ4v) is 7.42. The van der Waals surface area contributed by atoms with Crippen LogP contribution in [0.4, 0.5) is 0 Å². The lowest BCUT2D eigenvalue weighted by Crippen LogP contribution is -2.05. The molecule has 0 spiro atoms. The highest BCUT2D eigenvalue weighted by Crippen LogP contribution is 2.16. The molecule has 0 rings (SSSR count). The van der Waals surface area contributed by atoms with E-state index in [-0.39, 0.29) is 11.9 Å². The Hall–Kier alpha value is -1.06. The molecule has 310 valence electrons. The van der Waals surface area contributed by atoms with E-state index in [1.165, 1.54) is 218 Å². The molecule has 0 aromatic rings. The first-order chi connectivity index (χ1) is 25.7. The minimum Gasteiger partial charge on any atom is -0.466 e. The Labute approximate surface area is 326 Å². The van der Waals surface area contributed by atoms with Crippen LogP contribution in [0.25, 0.3) is 0 Å². The summed E-state index contributed by atoms with van der Waals surface area (Å²) in [6.07, 6.45) is 53.6. The van der Waals surface area contributed by atoms with Gasteiger partial charge in [-0.15, -0.1) is 0 Å². The van der Waals surface area contributed by atoms with Crippen LogP contribution in [0.3, 0.4) is 0 Å². The highest BCUT2D eigenvalue weighted by molar-refractivity contribution is 5.69. The Morgan fingerprint density at radius 3 is 0.635 bits per heavy atom. The SMILES string of the molecule is CCCCCCCCCCCCCCCCCC(=O)OCCCCCCCCCCCCOC(=O)CCCCCCCCCCCCCCCCC. The zero-order valence-electron chi connectivity index (χ0n) is 35.7. The molecule has 0 aliphatic rings. The van der Waals surface area contributed by atoms with Gasteiger partial charge >= 0.3 is 11.9 Å². The third-order valence-corrected chi connectivity index (χ3v) is 11.0. The summed E-state index contributed by atoms with van der Waals surface area (Å²) in [5.41, 5.74) is 0. The molecular formula is C48H94O4. The molecule has 0 bridgehead atoms. The quantitative estimate of drug-likeness (QED) is 0.0462. The van der Waals surface area contributed by atoms with Crippen molar-refractivity contribution in [2.75, 3.05) is 13.2 Å². The van der Waals surface area contributed by atoms with Gasteiger partial charge in [0.1, 0.15) is 0 Å². The van der Waals surface area contributed by atoms with Gasteiger partial charge in [0, 0.05) is 12.8 Å². The lowest BCUT2D eigenvalue weighted by atomic mass is 10.0. The Morgan fingerprint density at radius 1 is 0.250 bits per heavy atom. The Kier molecular flexibility index (Phi) is 45.2. The fourth-order valence-electron chi connectivity index (χ4n) is 7.42. The van der Waals surface area contributed by atoms with E-state index in [0.29, 0.717) is 26.1 Å². The van der Waals surface area contributed by atoms with Gasteiger partial charge in [0.15, 0.2) is 0 Å². The third-order valence-electron chi connectivity index (χ3n) is 11.0. The van der Waals surface area contributed by atoms with Crippen molar-refractivity contribution in [1.29, 1.82) is 0 Å². The van der Waals surface area contributed by atoms with Crippen LogP contribution < -0.4 is 0 Å². The summed E-state index contributed by atoms with van der Waals surface area (Å²) < 4.78 is 10.9. The van der Waals surface area contributed by atoms with Gasteiger partial charge in [-0.25, -0.2) is 0 Å². The van der Waals surface area contributed by atoms with E-state index in [2.05, 4.69) is 13.8 Å². The first kappa shape index (κ1) is 50.9. The van der Waals surface area contributed by atoms with E-state index in [1.807, 2.05) is 0 Å². The molecule has 0 saturated heterocycles. The maximum Gasteiger partial charge on any atom is 0.305 e. The van der Waals surface area contributed by atoms with Crippen molar-refractivity contribution in [3.8, 4) is 0 Å². The number of carbonyl (C=O) groups excluding carboxylic acids is 2. The molecule has 0 amide bonds. The molecular weight excluding hydrogens is 641 g/mol. The second kappa shape index (κ2) is 46.1. The molecule has 0 fully saturated rings. The average Bonchev–Trinajstić information content (AvgIpc) is 3.14. The maximum absolute atomic E-state index is 12.0. The van der Waals surface area contributed by atoms with Crippen molar-refractivity contribution >= 4 is 11.9 Å². The first-order valence-corrected chi connectivity index (χ1v) is 24.0. The van der Waals surface area contributed by atoms with Gasteiger partial charge in [0.25, 0.3) is 0 Å². The van der Waals surface area contributed by atoms with Crippen LogP contribution in [0.2, 0.25) is 0 Å². The van der Waals surface area contributed by atoms with Gasteiger partial charge in [-0.3, -0.25) is 9.59 Å². The highest BCUT2D eigenvalue weighted by Gasteiger charge is 2.04. The molecule has 0 aromatic heterocycles. The topological polar surface area (TPSA) is 52.6 Å². The van der Waals surface area contributed by atoms with Crippen LogP contribution in [0.15, 0.2) is 0 Å². The summed E-state index contributed by atoms with van der Waals surface area (Å²) >= 11 is 0. The lowest BCUT2D eigenvalue weighted by Gasteiger charge is -2.06. The molecule has 4 heteroatoms. The van der Waals surface area contributed by atoms with Crippen LogP contribution in [0.1, 0.15) is 284 Å². The summed E-state index contributed by atoms with van der Waals surface area (Å²) in [5, 5.41) is 0. The summed E-state index contributed by atoms with van der Waals surface area (Å²) in [5.74, 6) is 0.00867. The fraction of sp³-hybridized carbons (Fsp3) is 0.958. The molecule has 0 aromatic carbocycles. The molecule has 0 unspecified atom stereocenters. The Bertz CT molecular complexity index is 634. The van der Waals surface area contributed by atoms with E-state index in [1.54, 1.807) is 0 Å². The van der Waals surface area contributed by atoms with E-state index < -0.39 is 0 Å². The smallest absolute Gasteiger partial charge is 0.305 e. The van der Waals surface area contributed by atoms with E-state index in [0.717, 1.165) is 38.5 Å². The number of carbonyl (C=O) groups is 2. The summed E-state index contributed by atoms with van der Waals surface area (Å²) in [6, 6.07) is 0. The summed E-state index contributed by atoms with van der Waals surface area (Å²) in [7, 11) is 0. The van der Waals surface area contributed by atoms with Crippen molar-refractivity contribution in [2.45, 2.75) is 284 Å². The summed E-state index contributed by atoms with van der Waals surface area (Å²) in [6.45, 7) is 5.77. The van der Waals surface area contributed by atoms with Crippen LogP contribution in [-0.4, -0.2) is 25.2 Å². The van der Waals surface area contributed by atoms with Crippen molar-refractivity contribution in [2.24, 2.45) is 0 Å². The number of hydrogen-bond donors (Lipinski definition) is 0. The minimum absolute atomic E-state index is 0.00433. The highest BCUT2D eigenvalue weighted by atomic mass is 16.5. The number of unbranched alkanes of at least 4 members (excludes halogenated alkanes) is 37. The monoisotopic (exact) mass is 735 g/mol. The van der Waals surface area contributed by atoms with Crippen LogP contribution in [0, 0.1) is 0 Å². The largest absolute Gasteiger partial charge is 0.466 e. The lowest BCUT2D eigenvalue weighted by molar-refractivity contribution is -0.144. The second-order valence-electron chi connectivity index (χ2n) is 16.4. The zero-order chi connectivity index (χ0) is 37.7. The standard InChI is InChI=1S/C48H94O4/c1-3-5-7-9-11-13-15-17-19-21-23-27-31-35-39-43-47(49)51-45-41-37-33-29-25-26-30-34-38-42-46-52-48(50)44-40-36-32-28-24-22-20-18-16-14-12-10-8-6-4-2/h3-46H2,1-2H3. The molecule has 0 N–H and O–H groups in total. The minimum atomic E-state index is 0.00433. The van der Waals surface area contributed by atoms with Crippen molar-refractivity contribution in [1.82, 2.24) is 0 Å². The molecule has 0 radical (unpaired) electrons. The predicted molar refractivity (Wildman–Crippen MR) is 227 cm³/mol. The first-order valence-electron chi connectivity index (χ1n) is 24.0. The molecule has 4 nitrogen and oxygen atoms in total. The van der Waals surface area contributed by atoms with Crippen LogP contribution in [-0.2, 0) is 19.1 Å². The third kappa shape index (κ3) is 45.1. The number of rotatable bonds is 45. The van der Waals surface area contributed by atoms with Crippen LogP contribution in [0.5, 0.6) is 0 Å². The Morgan fingerprint density at radius 2 is 0.423 bits per heavy atom. The van der Waals surface area contributed by atoms with Gasteiger partial charge in [0.2, 0.25) is 0 Å².